The van der Waals surface area contributed by atoms with Crippen molar-refractivity contribution >= 4 is 20.3 Å². The fraction of sp³-hybridized carbons (Fsp3) is 0.511. The summed E-state index contributed by atoms with van der Waals surface area (Å²) < 4.78 is 18.8. The zero-order valence-electron chi connectivity index (χ0n) is 32.5. The van der Waals surface area contributed by atoms with E-state index in [1.54, 1.807) is 0 Å². The fourth-order valence-electron chi connectivity index (χ4n) is 7.12. The Balaban J connectivity index is 1.45. The molecule has 0 spiro atoms. The number of rotatable bonds is 21. The molecule has 0 aromatic heterocycles. The molecule has 3 atom stereocenters. The summed E-state index contributed by atoms with van der Waals surface area (Å²) in [6, 6.07) is 27.8. The Morgan fingerprint density at radius 1 is 0.827 bits per heavy atom. The molecule has 0 radical (unpaired) electrons. The van der Waals surface area contributed by atoms with Crippen LogP contribution in [-0.4, -0.2) is 44.2 Å². The van der Waals surface area contributed by atoms with Crippen LogP contribution in [0.15, 0.2) is 96.6 Å². The van der Waals surface area contributed by atoms with Gasteiger partial charge in [0.15, 0.2) is 8.32 Å². The molecule has 0 aliphatic heterocycles. The predicted octanol–water partition coefficient (Wildman–Crippen LogP) is 12.1. The summed E-state index contributed by atoms with van der Waals surface area (Å²) in [5.74, 6) is -0.253. The first-order valence-corrected chi connectivity index (χ1v) is 22.4. The minimum absolute atomic E-state index is 0.0539. The second kappa shape index (κ2) is 19.4. The first-order chi connectivity index (χ1) is 24.9. The van der Waals surface area contributed by atoms with Crippen LogP contribution in [0.2, 0.25) is 18.1 Å². The first-order valence-electron chi connectivity index (χ1n) is 19.5. The summed E-state index contributed by atoms with van der Waals surface area (Å²) >= 11 is 0. The Labute approximate surface area is 314 Å². The molecule has 0 amide bonds. The maximum Gasteiger partial charge on any atom is 0.338 e. The van der Waals surface area contributed by atoms with Crippen LogP contribution in [0.25, 0.3) is 11.1 Å². The molecule has 0 saturated heterocycles. The highest BCUT2D eigenvalue weighted by atomic mass is 28.4. The van der Waals surface area contributed by atoms with Gasteiger partial charge in [-0.1, -0.05) is 132 Å². The monoisotopic (exact) mass is 726 g/mol. The molecule has 1 aliphatic rings. The standard InChI is InChI=1S/C45H62O6Si/c1-7-8-32-45(33-18-11-16-25-40(42(46)47)51-52(5,6)44(2,3)4)38(22-17-19-34-49-39-23-14-10-15-24-39)30-31-41(45)50-43(48)37-28-26-36(27-29-37)35-20-12-9-13-21-35/h9-10,12-15,20-21,23-24,26-30,40-41H,7-8,11,16-19,22,25,31-34H2,1-6H3,(H,46,47)/t40?,41-,45+/m0/s1. The molecule has 282 valence electrons. The molecule has 52 heavy (non-hydrogen) atoms. The number of hydrogen-bond acceptors (Lipinski definition) is 5. The third-order valence-corrected chi connectivity index (χ3v) is 15.7. The highest BCUT2D eigenvalue weighted by Crippen LogP contribution is 2.51. The zero-order chi connectivity index (χ0) is 37.6. The summed E-state index contributed by atoms with van der Waals surface area (Å²) in [6.07, 6.45) is 12.0. The van der Waals surface area contributed by atoms with E-state index in [0.717, 1.165) is 87.5 Å². The second-order valence-corrected chi connectivity index (χ2v) is 20.7. The Morgan fingerprint density at radius 3 is 2.10 bits per heavy atom. The van der Waals surface area contributed by atoms with Gasteiger partial charge in [-0.05, 0) is 92.0 Å². The molecule has 0 saturated carbocycles. The molecular weight excluding hydrogens is 665 g/mol. The largest absolute Gasteiger partial charge is 0.494 e. The zero-order valence-corrected chi connectivity index (χ0v) is 33.5. The van der Waals surface area contributed by atoms with Crippen molar-refractivity contribution in [1.82, 2.24) is 0 Å². The van der Waals surface area contributed by atoms with Crippen molar-refractivity contribution < 1.29 is 28.6 Å². The lowest BCUT2D eigenvalue weighted by molar-refractivity contribution is -0.146. The van der Waals surface area contributed by atoms with Crippen molar-refractivity contribution in [2.45, 2.75) is 135 Å². The molecule has 1 unspecified atom stereocenters. The maximum atomic E-state index is 13.7. The summed E-state index contributed by atoms with van der Waals surface area (Å²) in [7, 11) is -2.21. The molecule has 0 bridgehead atoms. The number of carboxylic acid groups (broad SMARTS) is 1. The van der Waals surface area contributed by atoms with E-state index in [1.165, 1.54) is 5.57 Å². The van der Waals surface area contributed by atoms with Crippen molar-refractivity contribution in [3.8, 4) is 16.9 Å². The van der Waals surface area contributed by atoms with Crippen LogP contribution in [0, 0.1) is 5.41 Å². The van der Waals surface area contributed by atoms with Crippen LogP contribution in [0.4, 0.5) is 0 Å². The Morgan fingerprint density at radius 2 is 1.46 bits per heavy atom. The van der Waals surface area contributed by atoms with Gasteiger partial charge in [0, 0.05) is 11.8 Å². The maximum absolute atomic E-state index is 13.7. The van der Waals surface area contributed by atoms with E-state index >= 15 is 0 Å². The number of benzene rings is 3. The summed E-state index contributed by atoms with van der Waals surface area (Å²) in [6.45, 7) is 13.5. The van der Waals surface area contributed by atoms with Gasteiger partial charge in [-0.25, -0.2) is 9.59 Å². The molecule has 3 aromatic rings. The molecule has 1 N–H and O–H groups in total. The van der Waals surface area contributed by atoms with Gasteiger partial charge in [-0.2, -0.15) is 0 Å². The molecule has 1 aliphatic carbocycles. The lowest BCUT2D eigenvalue weighted by Crippen LogP contribution is -2.46. The van der Waals surface area contributed by atoms with Gasteiger partial charge in [0.1, 0.15) is 18.0 Å². The highest BCUT2D eigenvalue weighted by Gasteiger charge is 2.46. The number of carbonyl (C=O) groups excluding carboxylic acids is 1. The third kappa shape index (κ3) is 11.4. The Hall–Kier alpha value is -3.68. The van der Waals surface area contributed by atoms with Crippen molar-refractivity contribution in [1.29, 1.82) is 0 Å². The quantitative estimate of drug-likeness (QED) is 0.0509. The van der Waals surface area contributed by atoms with Gasteiger partial charge in [0.05, 0.1) is 12.2 Å². The van der Waals surface area contributed by atoms with E-state index < -0.39 is 20.4 Å². The Kier molecular flexibility index (Phi) is 15.3. The van der Waals surface area contributed by atoms with Crippen LogP contribution < -0.4 is 4.74 Å². The van der Waals surface area contributed by atoms with Crippen LogP contribution in [0.1, 0.15) is 115 Å². The molecule has 7 heteroatoms. The van der Waals surface area contributed by atoms with Crippen molar-refractivity contribution in [3.05, 3.63) is 102 Å². The average Bonchev–Trinajstić information content (AvgIpc) is 3.45. The van der Waals surface area contributed by atoms with E-state index in [-0.39, 0.29) is 22.5 Å². The number of unbranched alkanes of at least 4 members (excludes halogenated alkanes) is 4. The fourth-order valence-corrected chi connectivity index (χ4v) is 8.40. The summed E-state index contributed by atoms with van der Waals surface area (Å²) in [5.41, 5.74) is 3.91. The average molecular weight is 727 g/mol. The number of aliphatic carboxylic acids is 1. The van der Waals surface area contributed by atoms with Crippen molar-refractivity contribution in [2.24, 2.45) is 5.41 Å². The van der Waals surface area contributed by atoms with Gasteiger partial charge < -0.3 is 19.0 Å². The van der Waals surface area contributed by atoms with E-state index in [4.69, 9.17) is 13.9 Å². The van der Waals surface area contributed by atoms with Gasteiger partial charge >= 0.3 is 11.9 Å². The molecule has 0 heterocycles. The number of carboxylic acids is 1. The van der Waals surface area contributed by atoms with E-state index in [2.05, 4.69) is 59.0 Å². The van der Waals surface area contributed by atoms with E-state index in [1.807, 2.05) is 72.8 Å². The highest BCUT2D eigenvalue weighted by molar-refractivity contribution is 6.74. The van der Waals surface area contributed by atoms with Gasteiger partial charge in [-0.3, -0.25) is 0 Å². The number of ether oxygens (including phenoxy) is 2. The third-order valence-electron chi connectivity index (χ3n) is 11.2. The smallest absolute Gasteiger partial charge is 0.338 e. The van der Waals surface area contributed by atoms with Gasteiger partial charge in [-0.15, -0.1) is 0 Å². The SMILES string of the molecule is CCCC[C@@]1(CCCCCC(O[Si](C)(C)C(C)(C)C)C(=O)O)C(CCCCOc2ccccc2)=CC[C@@H]1OC(=O)c1ccc(-c2ccccc2)cc1. The number of carbonyl (C=O) groups is 2. The van der Waals surface area contributed by atoms with Crippen molar-refractivity contribution in [2.75, 3.05) is 6.61 Å². The molecule has 0 fully saturated rings. The predicted molar refractivity (Wildman–Crippen MR) is 214 cm³/mol. The first kappa shape index (κ1) is 41.1. The van der Waals surface area contributed by atoms with Crippen molar-refractivity contribution in [3.63, 3.8) is 0 Å². The Bertz CT molecular complexity index is 1560. The minimum atomic E-state index is -2.21. The normalized spacial score (nSPS) is 18.1. The molecule has 6 nitrogen and oxygen atoms in total. The van der Waals surface area contributed by atoms with Crippen LogP contribution >= 0.6 is 0 Å². The number of esters is 1. The van der Waals surface area contributed by atoms with Crippen LogP contribution in [0.3, 0.4) is 0 Å². The summed E-state index contributed by atoms with van der Waals surface area (Å²) in [4.78, 5) is 25.9. The van der Waals surface area contributed by atoms with Crippen LogP contribution in [0.5, 0.6) is 5.75 Å². The minimum Gasteiger partial charge on any atom is -0.494 e. The molecule has 3 aromatic carbocycles. The lowest BCUT2D eigenvalue weighted by Gasteiger charge is -2.39. The van der Waals surface area contributed by atoms with Crippen LogP contribution in [-0.2, 0) is 14.0 Å². The van der Waals surface area contributed by atoms with E-state index in [9.17, 15) is 14.7 Å². The molecule has 4 rings (SSSR count). The van der Waals surface area contributed by atoms with Gasteiger partial charge in [0.25, 0.3) is 0 Å². The number of hydrogen-bond donors (Lipinski definition) is 1. The summed E-state index contributed by atoms with van der Waals surface area (Å²) in [5, 5.41) is 9.95. The number of para-hydroxylation sites is 1. The van der Waals surface area contributed by atoms with E-state index in [0.29, 0.717) is 18.6 Å². The lowest BCUT2D eigenvalue weighted by atomic mass is 9.70. The topological polar surface area (TPSA) is 82.1 Å². The molecular formula is C45H62O6Si. The second-order valence-electron chi connectivity index (χ2n) is 16.0. The van der Waals surface area contributed by atoms with Gasteiger partial charge in [0.2, 0.25) is 0 Å².